The second-order valence-corrected chi connectivity index (χ2v) is 5.72. The molecule has 0 fully saturated rings. The fourth-order valence-electron chi connectivity index (χ4n) is 3.68. The Kier molecular flexibility index (Phi) is 2.01. The maximum atomic E-state index is 10.2. The maximum absolute atomic E-state index is 10.2. The van der Waals surface area contributed by atoms with Crippen LogP contribution in [0.5, 0.6) is 11.5 Å². The summed E-state index contributed by atoms with van der Waals surface area (Å²) >= 11 is 0. The number of hydrogen-bond donors (Lipinski definition) is 2. The predicted molar refractivity (Wildman–Crippen MR) is 91.0 cm³/mol. The Balaban J connectivity index is 2.28. The normalized spacial score (nSPS) is 12.0. The molecule has 0 spiro atoms. The standard InChI is InChI=1S/C20H12O2/c21-17-9-7-13-14-8-10-18(22)16-6-2-4-12(20(14)16)11-3-1-5-15(17)19(11)13/h1-10,21-22H. The smallest absolute Gasteiger partial charge is 0.123 e. The first-order valence-corrected chi connectivity index (χ1v) is 7.26. The molecule has 0 aliphatic heterocycles. The molecule has 0 saturated heterocycles. The van der Waals surface area contributed by atoms with Gasteiger partial charge in [-0.15, -0.1) is 0 Å². The third kappa shape index (κ3) is 1.25. The molecule has 0 amide bonds. The number of phenols is 2. The van der Waals surface area contributed by atoms with Crippen molar-refractivity contribution in [1.82, 2.24) is 0 Å². The van der Waals surface area contributed by atoms with Crippen molar-refractivity contribution in [1.29, 1.82) is 0 Å². The van der Waals surface area contributed by atoms with Gasteiger partial charge in [0.2, 0.25) is 0 Å². The maximum Gasteiger partial charge on any atom is 0.123 e. The molecule has 0 heterocycles. The molecule has 0 aromatic heterocycles. The summed E-state index contributed by atoms with van der Waals surface area (Å²) < 4.78 is 0. The van der Waals surface area contributed by atoms with Crippen molar-refractivity contribution in [2.75, 3.05) is 0 Å². The lowest BCUT2D eigenvalue weighted by Crippen LogP contribution is -1.87. The Hall–Kier alpha value is -3.00. The molecule has 2 heteroatoms. The highest BCUT2D eigenvalue weighted by molar-refractivity contribution is 6.33. The highest BCUT2D eigenvalue weighted by Gasteiger charge is 2.15. The second-order valence-electron chi connectivity index (χ2n) is 5.72. The minimum absolute atomic E-state index is 0.301. The zero-order valence-corrected chi connectivity index (χ0v) is 11.7. The molecule has 5 rings (SSSR count). The monoisotopic (exact) mass is 284 g/mol. The van der Waals surface area contributed by atoms with Crippen molar-refractivity contribution in [3.63, 3.8) is 0 Å². The molecule has 0 saturated carbocycles. The van der Waals surface area contributed by atoms with Gasteiger partial charge in [-0.3, -0.25) is 0 Å². The van der Waals surface area contributed by atoms with E-state index >= 15 is 0 Å². The molecule has 2 nitrogen and oxygen atoms in total. The van der Waals surface area contributed by atoms with E-state index in [2.05, 4.69) is 12.1 Å². The molecule has 0 aliphatic rings. The van der Waals surface area contributed by atoms with Crippen LogP contribution < -0.4 is 0 Å². The van der Waals surface area contributed by atoms with Gasteiger partial charge >= 0.3 is 0 Å². The fourth-order valence-corrected chi connectivity index (χ4v) is 3.68. The third-order valence-electron chi connectivity index (χ3n) is 4.62. The van der Waals surface area contributed by atoms with E-state index in [4.69, 9.17) is 0 Å². The quantitative estimate of drug-likeness (QED) is 0.305. The van der Waals surface area contributed by atoms with Crippen molar-refractivity contribution in [2.45, 2.75) is 0 Å². The van der Waals surface area contributed by atoms with E-state index < -0.39 is 0 Å². The summed E-state index contributed by atoms with van der Waals surface area (Å²) in [5, 5.41) is 28.7. The SMILES string of the molecule is Oc1ccc2c3ccc(O)c4cccc(c5cccc1c52)c43. The summed E-state index contributed by atoms with van der Waals surface area (Å²) in [7, 11) is 0. The highest BCUT2D eigenvalue weighted by Crippen LogP contribution is 2.43. The van der Waals surface area contributed by atoms with Crippen molar-refractivity contribution >= 4 is 43.1 Å². The van der Waals surface area contributed by atoms with Gasteiger partial charge in [0.15, 0.2) is 0 Å². The number of fused-ring (bicyclic) bond motifs is 2. The van der Waals surface area contributed by atoms with E-state index in [1.807, 2.05) is 36.4 Å². The lowest BCUT2D eigenvalue weighted by Gasteiger charge is -2.15. The molecular formula is C20H12O2. The van der Waals surface area contributed by atoms with E-state index in [0.29, 0.717) is 11.5 Å². The summed E-state index contributed by atoms with van der Waals surface area (Å²) in [6.45, 7) is 0. The number of aromatic hydroxyl groups is 2. The number of benzene rings is 5. The molecule has 0 unspecified atom stereocenters. The number of rotatable bonds is 0. The van der Waals surface area contributed by atoms with Crippen LogP contribution in [0.2, 0.25) is 0 Å². The average Bonchev–Trinajstić information content (AvgIpc) is 2.56. The Morgan fingerprint density at radius 3 is 1.23 bits per heavy atom. The fraction of sp³-hybridized carbons (Fsp3) is 0. The summed E-state index contributed by atoms with van der Waals surface area (Å²) in [4.78, 5) is 0. The lowest BCUT2D eigenvalue weighted by atomic mass is 9.89. The second kappa shape index (κ2) is 3.80. The van der Waals surface area contributed by atoms with Gasteiger partial charge in [0, 0.05) is 21.5 Å². The van der Waals surface area contributed by atoms with E-state index in [-0.39, 0.29) is 0 Å². The molecular weight excluding hydrogens is 272 g/mol. The molecule has 0 aliphatic carbocycles. The lowest BCUT2D eigenvalue weighted by molar-refractivity contribution is 0.481. The van der Waals surface area contributed by atoms with Gasteiger partial charge in [-0.25, -0.2) is 0 Å². The first kappa shape index (κ1) is 11.6. The van der Waals surface area contributed by atoms with Gasteiger partial charge in [0.05, 0.1) is 0 Å². The van der Waals surface area contributed by atoms with Gasteiger partial charge in [0.1, 0.15) is 11.5 Å². The number of hydrogen-bond acceptors (Lipinski definition) is 2. The van der Waals surface area contributed by atoms with E-state index in [1.165, 1.54) is 0 Å². The van der Waals surface area contributed by atoms with Crippen molar-refractivity contribution < 1.29 is 10.2 Å². The minimum atomic E-state index is 0.301. The van der Waals surface area contributed by atoms with Gasteiger partial charge in [0.25, 0.3) is 0 Å². The molecule has 104 valence electrons. The van der Waals surface area contributed by atoms with Crippen LogP contribution in [0, 0.1) is 0 Å². The van der Waals surface area contributed by atoms with Crippen molar-refractivity contribution in [2.24, 2.45) is 0 Å². The van der Waals surface area contributed by atoms with E-state index in [1.54, 1.807) is 12.1 Å². The van der Waals surface area contributed by atoms with Gasteiger partial charge in [-0.2, -0.15) is 0 Å². The zero-order valence-electron chi connectivity index (χ0n) is 11.7. The molecule has 5 aromatic carbocycles. The first-order valence-electron chi connectivity index (χ1n) is 7.26. The first-order chi connectivity index (χ1) is 10.8. The minimum Gasteiger partial charge on any atom is -0.507 e. The molecule has 22 heavy (non-hydrogen) atoms. The van der Waals surface area contributed by atoms with E-state index in [0.717, 1.165) is 43.1 Å². The van der Waals surface area contributed by atoms with Gasteiger partial charge in [-0.05, 0) is 33.7 Å². The molecule has 5 aromatic rings. The van der Waals surface area contributed by atoms with Crippen molar-refractivity contribution in [3.05, 3.63) is 60.7 Å². The zero-order chi connectivity index (χ0) is 14.8. The summed E-state index contributed by atoms with van der Waals surface area (Å²) in [5.41, 5.74) is 0. The van der Waals surface area contributed by atoms with Gasteiger partial charge < -0.3 is 10.2 Å². The highest BCUT2D eigenvalue weighted by atomic mass is 16.3. The predicted octanol–water partition coefficient (Wildman–Crippen LogP) is 5.15. The van der Waals surface area contributed by atoms with E-state index in [9.17, 15) is 10.2 Å². The van der Waals surface area contributed by atoms with Crippen molar-refractivity contribution in [3.8, 4) is 11.5 Å². The molecule has 0 bridgehead atoms. The molecule has 2 N–H and O–H groups in total. The van der Waals surface area contributed by atoms with Crippen LogP contribution in [-0.4, -0.2) is 10.2 Å². The van der Waals surface area contributed by atoms with Crippen LogP contribution in [0.25, 0.3) is 43.1 Å². The van der Waals surface area contributed by atoms with Crippen LogP contribution >= 0.6 is 0 Å². The molecule has 0 radical (unpaired) electrons. The third-order valence-corrected chi connectivity index (χ3v) is 4.62. The summed E-state index contributed by atoms with van der Waals surface area (Å²) in [6.07, 6.45) is 0. The van der Waals surface area contributed by atoms with Crippen LogP contribution in [0.4, 0.5) is 0 Å². The summed E-state index contributed by atoms with van der Waals surface area (Å²) in [5.74, 6) is 0.602. The summed E-state index contributed by atoms with van der Waals surface area (Å²) in [6, 6.07) is 19.4. The Morgan fingerprint density at radius 1 is 0.409 bits per heavy atom. The topological polar surface area (TPSA) is 40.5 Å². The Bertz CT molecular complexity index is 1070. The molecule has 0 atom stereocenters. The largest absolute Gasteiger partial charge is 0.507 e. The van der Waals surface area contributed by atoms with Crippen LogP contribution in [0.15, 0.2) is 60.7 Å². The van der Waals surface area contributed by atoms with Crippen LogP contribution in [0.3, 0.4) is 0 Å². The Labute approximate surface area is 126 Å². The number of phenolic OH excluding ortho intramolecular Hbond substituents is 2. The van der Waals surface area contributed by atoms with Crippen LogP contribution in [-0.2, 0) is 0 Å². The van der Waals surface area contributed by atoms with Crippen LogP contribution in [0.1, 0.15) is 0 Å². The Morgan fingerprint density at radius 2 is 0.773 bits per heavy atom. The average molecular weight is 284 g/mol. The van der Waals surface area contributed by atoms with Gasteiger partial charge in [-0.1, -0.05) is 48.5 Å².